The molecule has 1 atom stereocenters. The van der Waals surface area contributed by atoms with Gasteiger partial charge >= 0.3 is 0 Å². The lowest BCUT2D eigenvalue weighted by Crippen LogP contribution is -2.27. The molecule has 1 unspecified atom stereocenters. The van der Waals surface area contributed by atoms with Gasteiger partial charge < -0.3 is 0 Å². The molecule has 0 bridgehead atoms. The van der Waals surface area contributed by atoms with Crippen LogP contribution in [0, 0.1) is 6.92 Å². The van der Waals surface area contributed by atoms with Crippen LogP contribution in [0.15, 0.2) is 112 Å². The van der Waals surface area contributed by atoms with Gasteiger partial charge in [-0.05, 0) is 64.8 Å². The molecular formula is C30H23BrN4OS. The van der Waals surface area contributed by atoms with Crippen LogP contribution in [0.4, 0.5) is 0 Å². The number of rotatable bonds is 5. The van der Waals surface area contributed by atoms with E-state index in [4.69, 9.17) is 10.2 Å². The molecule has 0 saturated carbocycles. The number of carbonyl (C=O) groups excluding carboxylic acids is 1. The van der Waals surface area contributed by atoms with Crippen molar-refractivity contribution in [2.24, 2.45) is 5.10 Å². The number of amides is 1. The van der Waals surface area contributed by atoms with E-state index in [1.807, 2.05) is 77.6 Å². The van der Waals surface area contributed by atoms with Crippen LogP contribution in [0.1, 0.15) is 39.5 Å². The Labute approximate surface area is 227 Å². The number of para-hydroxylation sites is 1. The Kier molecular flexibility index (Phi) is 6.32. The highest BCUT2D eigenvalue weighted by Gasteiger charge is 2.36. The van der Waals surface area contributed by atoms with E-state index in [-0.39, 0.29) is 11.9 Å². The number of halogens is 1. The van der Waals surface area contributed by atoms with E-state index in [9.17, 15) is 4.79 Å². The minimum atomic E-state index is -0.294. The second kappa shape index (κ2) is 9.92. The van der Waals surface area contributed by atoms with Gasteiger partial charge in [-0.25, -0.2) is 9.69 Å². The number of thiophene rings is 1. The second-order valence-corrected chi connectivity index (χ2v) is 11.4. The number of benzene rings is 3. The third-order valence-corrected chi connectivity index (χ3v) is 8.08. The lowest BCUT2D eigenvalue weighted by molar-refractivity contribution is 0.0711. The van der Waals surface area contributed by atoms with Crippen LogP contribution in [-0.2, 0) is 0 Å². The van der Waals surface area contributed by atoms with Gasteiger partial charge in [0.2, 0.25) is 0 Å². The summed E-state index contributed by atoms with van der Waals surface area (Å²) in [6.07, 6.45) is 2.64. The largest absolute Gasteiger partial charge is 0.274 e. The number of hydrogen-bond donors (Lipinski definition) is 0. The van der Waals surface area contributed by atoms with Gasteiger partial charge in [-0.3, -0.25) is 4.79 Å². The number of carbonyl (C=O) groups is 1. The van der Waals surface area contributed by atoms with Gasteiger partial charge in [0.15, 0.2) is 0 Å². The summed E-state index contributed by atoms with van der Waals surface area (Å²) in [4.78, 5) is 14.8. The van der Waals surface area contributed by atoms with Crippen molar-refractivity contribution in [2.75, 3.05) is 0 Å². The number of aromatic nitrogens is 2. The van der Waals surface area contributed by atoms with Crippen molar-refractivity contribution in [1.82, 2.24) is 14.8 Å². The highest BCUT2D eigenvalue weighted by molar-refractivity contribution is 9.11. The van der Waals surface area contributed by atoms with Gasteiger partial charge in [-0.1, -0.05) is 66.2 Å². The standard InChI is InChI=1S/C30H23BrN4OS/c1-20-12-14-21(15-13-20)25-18-26(35(32-25)30(36)22-8-4-2-5-9-22)24-19-34(23-10-6-3-7-11-23)33-29(24)27-16-17-28(31)37-27/h2-17,19,26H,18H2,1H3. The summed E-state index contributed by atoms with van der Waals surface area (Å²) >= 11 is 5.22. The average molecular weight is 568 g/mol. The van der Waals surface area contributed by atoms with Crippen molar-refractivity contribution in [3.05, 3.63) is 129 Å². The monoisotopic (exact) mass is 566 g/mol. The van der Waals surface area contributed by atoms with E-state index in [1.165, 1.54) is 5.56 Å². The van der Waals surface area contributed by atoms with Crippen LogP contribution in [-0.4, -0.2) is 26.4 Å². The summed E-state index contributed by atoms with van der Waals surface area (Å²) in [7, 11) is 0. The average Bonchev–Trinajstić information content (AvgIpc) is 3.68. The second-order valence-electron chi connectivity index (χ2n) is 8.97. The molecule has 3 aromatic carbocycles. The topological polar surface area (TPSA) is 50.5 Å². The zero-order valence-electron chi connectivity index (χ0n) is 20.1. The summed E-state index contributed by atoms with van der Waals surface area (Å²) in [6.45, 7) is 2.07. The maximum absolute atomic E-state index is 13.8. The lowest BCUT2D eigenvalue weighted by atomic mass is 9.97. The smallest absolute Gasteiger partial charge is 0.267 e. The molecule has 5 aromatic rings. The predicted molar refractivity (Wildman–Crippen MR) is 152 cm³/mol. The SMILES string of the molecule is Cc1ccc(C2=NN(C(=O)c3ccccc3)C(c3cn(-c4ccccc4)nc3-c3ccc(Br)s3)C2)cc1. The minimum absolute atomic E-state index is 0.126. The Hall–Kier alpha value is -3.81. The van der Waals surface area contributed by atoms with Gasteiger partial charge in [-0.2, -0.15) is 10.2 Å². The molecule has 3 heterocycles. The molecule has 1 aliphatic rings. The van der Waals surface area contributed by atoms with E-state index in [1.54, 1.807) is 16.3 Å². The fourth-order valence-corrected chi connectivity index (χ4v) is 5.94. The maximum Gasteiger partial charge on any atom is 0.274 e. The zero-order chi connectivity index (χ0) is 25.4. The van der Waals surface area contributed by atoms with Crippen LogP contribution < -0.4 is 0 Å². The van der Waals surface area contributed by atoms with Crippen molar-refractivity contribution in [3.8, 4) is 16.3 Å². The minimum Gasteiger partial charge on any atom is -0.267 e. The van der Waals surface area contributed by atoms with Crippen molar-refractivity contribution in [1.29, 1.82) is 0 Å². The summed E-state index contributed by atoms with van der Waals surface area (Å²) < 4.78 is 2.93. The Morgan fingerprint density at radius 1 is 0.919 bits per heavy atom. The van der Waals surface area contributed by atoms with E-state index in [0.717, 1.165) is 36.9 Å². The van der Waals surface area contributed by atoms with E-state index < -0.39 is 0 Å². The molecule has 0 radical (unpaired) electrons. The number of hydrazone groups is 1. The summed E-state index contributed by atoms with van der Waals surface area (Å²) in [5.74, 6) is -0.126. The molecular weight excluding hydrogens is 544 g/mol. The Bertz CT molecular complexity index is 1590. The van der Waals surface area contributed by atoms with Crippen LogP contribution in [0.3, 0.4) is 0 Å². The number of hydrogen-bond acceptors (Lipinski definition) is 4. The fourth-order valence-electron chi connectivity index (χ4n) is 4.55. The highest BCUT2D eigenvalue weighted by atomic mass is 79.9. The predicted octanol–water partition coefficient (Wildman–Crippen LogP) is 7.66. The quantitative estimate of drug-likeness (QED) is 0.219. The lowest BCUT2D eigenvalue weighted by Gasteiger charge is -2.21. The van der Waals surface area contributed by atoms with Crippen molar-refractivity contribution < 1.29 is 4.79 Å². The van der Waals surface area contributed by atoms with Gasteiger partial charge in [0.1, 0.15) is 5.69 Å². The fraction of sp³-hybridized carbons (Fsp3) is 0.100. The number of nitrogens with zero attached hydrogens (tertiary/aromatic N) is 4. The molecule has 1 aliphatic heterocycles. The third-order valence-electron chi connectivity index (χ3n) is 6.45. The Morgan fingerprint density at radius 3 is 2.30 bits per heavy atom. The summed E-state index contributed by atoms with van der Waals surface area (Å²) in [6, 6.07) is 31.5. The molecule has 182 valence electrons. The molecule has 5 nitrogen and oxygen atoms in total. The molecule has 7 heteroatoms. The van der Waals surface area contributed by atoms with Crippen molar-refractivity contribution >= 4 is 38.9 Å². The Balaban J connectivity index is 1.48. The summed E-state index contributed by atoms with van der Waals surface area (Å²) in [5, 5.41) is 11.5. The molecule has 0 N–H and O–H groups in total. The van der Waals surface area contributed by atoms with Gasteiger partial charge in [0.05, 0.1) is 26.1 Å². The third kappa shape index (κ3) is 4.68. The van der Waals surface area contributed by atoms with Gasteiger partial charge in [0.25, 0.3) is 5.91 Å². The summed E-state index contributed by atoms with van der Waals surface area (Å²) in [5.41, 5.74) is 6.49. The van der Waals surface area contributed by atoms with E-state index in [0.29, 0.717) is 12.0 Å². The van der Waals surface area contributed by atoms with Crippen LogP contribution in [0.25, 0.3) is 16.3 Å². The highest BCUT2D eigenvalue weighted by Crippen LogP contribution is 2.41. The molecule has 0 aliphatic carbocycles. The van der Waals surface area contributed by atoms with Crippen molar-refractivity contribution in [2.45, 2.75) is 19.4 Å². The molecule has 6 rings (SSSR count). The first-order valence-electron chi connectivity index (χ1n) is 12.0. The van der Waals surface area contributed by atoms with Crippen LogP contribution in [0.2, 0.25) is 0 Å². The first kappa shape index (κ1) is 23.6. The first-order valence-corrected chi connectivity index (χ1v) is 13.6. The molecule has 37 heavy (non-hydrogen) atoms. The molecule has 2 aromatic heterocycles. The van der Waals surface area contributed by atoms with E-state index >= 15 is 0 Å². The number of aryl methyl sites for hydroxylation is 1. The van der Waals surface area contributed by atoms with Crippen LogP contribution in [0.5, 0.6) is 0 Å². The molecule has 1 amide bonds. The van der Waals surface area contributed by atoms with E-state index in [2.05, 4.69) is 53.2 Å². The van der Waals surface area contributed by atoms with Crippen molar-refractivity contribution in [3.63, 3.8) is 0 Å². The van der Waals surface area contributed by atoms with Crippen LogP contribution >= 0.6 is 27.3 Å². The van der Waals surface area contributed by atoms with Gasteiger partial charge in [0, 0.05) is 23.7 Å². The molecule has 0 spiro atoms. The molecule has 0 fully saturated rings. The maximum atomic E-state index is 13.8. The first-order chi connectivity index (χ1) is 18.1. The Morgan fingerprint density at radius 2 is 1.62 bits per heavy atom. The van der Waals surface area contributed by atoms with Gasteiger partial charge in [-0.15, -0.1) is 11.3 Å². The molecule has 0 saturated heterocycles. The normalized spacial score (nSPS) is 15.1. The zero-order valence-corrected chi connectivity index (χ0v) is 22.5.